The summed E-state index contributed by atoms with van der Waals surface area (Å²) in [7, 11) is 1.40. The van der Waals surface area contributed by atoms with E-state index in [0.29, 0.717) is 19.5 Å². The lowest BCUT2D eigenvalue weighted by Gasteiger charge is -2.34. The molecule has 21 heavy (non-hydrogen) atoms. The van der Waals surface area contributed by atoms with E-state index in [2.05, 4.69) is 0 Å². The van der Waals surface area contributed by atoms with Crippen molar-refractivity contribution in [3.8, 4) is 0 Å². The van der Waals surface area contributed by atoms with Gasteiger partial charge in [-0.25, -0.2) is 4.79 Å². The highest BCUT2D eigenvalue weighted by molar-refractivity contribution is 5.73. The molecule has 1 aliphatic heterocycles. The molecule has 2 rings (SSSR count). The minimum Gasteiger partial charge on any atom is -0.469 e. The minimum atomic E-state index is -0.325. The number of likely N-dealkylation sites (tertiary alicyclic amines) is 1. The summed E-state index contributed by atoms with van der Waals surface area (Å²) in [5.74, 6) is -0.247. The van der Waals surface area contributed by atoms with E-state index in [1.807, 2.05) is 37.3 Å². The number of carbonyl (C=O) groups excluding carboxylic acids is 2. The summed E-state index contributed by atoms with van der Waals surface area (Å²) in [4.78, 5) is 25.3. The first-order valence-corrected chi connectivity index (χ1v) is 7.15. The molecule has 0 aliphatic carbocycles. The number of amides is 1. The SMILES string of the molecule is COC(=O)[C@@H]1CCN(C(=O)OCc2ccccc2)C[C@@H]1C. The number of ether oxygens (including phenoxy) is 2. The Morgan fingerprint density at radius 3 is 2.62 bits per heavy atom. The molecular formula is C16H21NO4. The lowest BCUT2D eigenvalue weighted by atomic mass is 9.87. The molecule has 114 valence electrons. The number of benzene rings is 1. The Morgan fingerprint density at radius 1 is 1.29 bits per heavy atom. The molecule has 0 radical (unpaired) electrons. The number of hydrogen-bond donors (Lipinski definition) is 0. The van der Waals surface area contributed by atoms with Crippen molar-refractivity contribution < 1.29 is 19.1 Å². The summed E-state index contributed by atoms with van der Waals surface area (Å²) in [5.41, 5.74) is 0.961. The van der Waals surface area contributed by atoms with E-state index >= 15 is 0 Å². The summed E-state index contributed by atoms with van der Waals surface area (Å²) in [6, 6.07) is 9.57. The molecule has 0 aromatic heterocycles. The third kappa shape index (κ3) is 3.97. The maximum Gasteiger partial charge on any atom is 0.410 e. The van der Waals surface area contributed by atoms with Crippen LogP contribution in [-0.2, 0) is 20.9 Å². The number of piperidine rings is 1. The third-order valence-corrected chi connectivity index (χ3v) is 3.87. The van der Waals surface area contributed by atoms with E-state index in [1.54, 1.807) is 4.90 Å². The smallest absolute Gasteiger partial charge is 0.410 e. The van der Waals surface area contributed by atoms with Gasteiger partial charge < -0.3 is 14.4 Å². The topological polar surface area (TPSA) is 55.8 Å². The third-order valence-electron chi connectivity index (χ3n) is 3.87. The van der Waals surface area contributed by atoms with E-state index in [0.717, 1.165) is 5.56 Å². The molecule has 0 saturated carbocycles. The zero-order valence-corrected chi connectivity index (χ0v) is 12.5. The highest BCUT2D eigenvalue weighted by Gasteiger charge is 2.34. The quantitative estimate of drug-likeness (QED) is 0.803. The molecule has 1 aliphatic rings. The van der Waals surface area contributed by atoms with Gasteiger partial charge in [0, 0.05) is 13.1 Å². The van der Waals surface area contributed by atoms with E-state index in [1.165, 1.54) is 7.11 Å². The van der Waals surface area contributed by atoms with Gasteiger partial charge in [-0.1, -0.05) is 37.3 Å². The number of methoxy groups -OCH3 is 1. The molecule has 5 nitrogen and oxygen atoms in total. The second-order valence-electron chi connectivity index (χ2n) is 5.38. The number of carbonyl (C=O) groups is 2. The van der Waals surface area contributed by atoms with Crippen LogP contribution in [0.2, 0.25) is 0 Å². The molecule has 1 fully saturated rings. The predicted octanol–water partition coefficient (Wildman–Crippen LogP) is 2.45. The molecule has 2 atom stereocenters. The van der Waals surface area contributed by atoms with Crippen molar-refractivity contribution in [3.05, 3.63) is 35.9 Å². The molecule has 5 heteroatoms. The highest BCUT2D eigenvalue weighted by Crippen LogP contribution is 2.24. The standard InChI is InChI=1S/C16H21NO4/c1-12-10-17(9-8-14(12)15(18)20-2)16(19)21-11-13-6-4-3-5-7-13/h3-7,12,14H,8-11H2,1-2H3/t12-,14+/m0/s1. The molecule has 1 aromatic carbocycles. The highest BCUT2D eigenvalue weighted by atomic mass is 16.6. The van der Waals surface area contributed by atoms with Gasteiger partial charge in [0.05, 0.1) is 13.0 Å². The Labute approximate surface area is 124 Å². The number of hydrogen-bond acceptors (Lipinski definition) is 4. The summed E-state index contributed by atoms with van der Waals surface area (Å²) in [5, 5.41) is 0. The van der Waals surface area contributed by atoms with Crippen molar-refractivity contribution in [2.75, 3.05) is 20.2 Å². The Bertz CT molecular complexity index is 488. The van der Waals surface area contributed by atoms with Crippen molar-refractivity contribution in [2.24, 2.45) is 11.8 Å². The van der Waals surface area contributed by atoms with Crippen LogP contribution in [-0.4, -0.2) is 37.2 Å². The summed E-state index contributed by atoms with van der Waals surface area (Å²) in [6.45, 7) is 3.27. The van der Waals surface area contributed by atoms with Gasteiger partial charge in [-0.3, -0.25) is 4.79 Å². The van der Waals surface area contributed by atoms with Crippen LogP contribution in [0.3, 0.4) is 0 Å². The van der Waals surface area contributed by atoms with Gasteiger partial charge in [-0.05, 0) is 17.9 Å². The van der Waals surface area contributed by atoms with Gasteiger partial charge in [0.25, 0.3) is 0 Å². The maximum atomic E-state index is 12.1. The summed E-state index contributed by atoms with van der Waals surface area (Å²) < 4.78 is 10.1. The van der Waals surface area contributed by atoms with Crippen LogP contribution in [0.15, 0.2) is 30.3 Å². The van der Waals surface area contributed by atoms with Crippen LogP contribution < -0.4 is 0 Å². The minimum absolute atomic E-state index is 0.0791. The van der Waals surface area contributed by atoms with Crippen molar-refractivity contribution in [2.45, 2.75) is 20.0 Å². The van der Waals surface area contributed by atoms with Gasteiger partial charge in [0.15, 0.2) is 0 Å². The molecule has 1 amide bonds. The number of rotatable bonds is 3. The molecule has 1 saturated heterocycles. The van der Waals surface area contributed by atoms with Crippen LogP contribution >= 0.6 is 0 Å². The molecule has 0 N–H and O–H groups in total. The van der Waals surface area contributed by atoms with Gasteiger partial charge in [-0.2, -0.15) is 0 Å². The second-order valence-corrected chi connectivity index (χ2v) is 5.38. The van der Waals surface area contributed by atoms with Crippen LogP contribution in [0.4, 0.5) is 4.79 Å². The van der Waals surface area contributed by atoms with Crippen LogP contribution in [0, 0.1) is 11.8 Å². The summed E-state index contributed by atoms with van der Waals surface area (Å²) >= 11 is 0. The van der Waals surface area contributed by atoms with Gasteiger partial charge in [-0.15, -0.1) is 0 Å². The lowest BCUT2D eigenvalue weighted by molar-refractivity contribution is -0.149. The molecule has 0 spiro atoms. The van der Waals surface area contributed by atoms with Gasteiger partial charge in [0.1, 0.15) is 6.61 Å². The zero-order chi connectivity index (χ0) is 15.2. The Balaban J connectivity index is 1.83. The fourth-order valence-corrected chi connectivity index (χ4v) is 2.62. The first-order valence-electron chi connectivity index (χ1n) is 7.15. The van der Waals surface area contributed by atoms with Crippen molar-refractivity contribution in [3.63, 3.8) is 0 Å². The first kappa shape index (κ1) is 15.4. The Hall–Kier alpha value is -2.04. The second kappa shape index (κ2) is 7.11. The Morgan fingerprint density at radius 2 is 2.00 bits per heavy atom. The molecule has 1 aromatic rings. The van der Waals surface area contributed by atoms with E-state index in [9.17, 15) is 9.59 Å². The van der Waals surface area contributed by atoms with Gasteiger partial charge >= 0.3 is 12.1 Å². The van der Waals surface area contributed by atoms with Crippen LogP contribution in [0.5, 0.6) is 0 Å². The first-order chi connectivity index (χ1) is 10.1. The largest absolute Gasteiger partial charge is 0.469 e. The molecule has 1 heterocycles. The monoisotopic (exact) mass is 291 g/mol. The number of esters is 1. The fraction of sp³-hybridized carbons (Fsp3) is 0.500. The Kier molecular flexibility index (Phi) is 5.20. The summed E-state index contributed by atoms with van der Waals surface area (Å²) in [6.07, 6.45) is 0.294. The van der Waals surface area contributed by atoms with Crippen LogP contribution in [0.1, 0.15) is 18.9 Å². The average Bonchev–Trinajstić information content (AvgIpc) is 2.52. The molecular weight excluding hydrogens is 270 g/mol. The number of nitrogens with zero attached hydrogens (tertiary/aromatic N) is 1. The predicted molar refractivity (Wildman–Crippen MR) is 77.5 cm³/mol. The van der Waals surface area contributed by atoms with E-state index in [-0.39, 0.29) is 30.5 Å². The molecule has 0 unspecified atom stereocenters. The average molecular weight is 291 g/mol. The van der Waals surface area contributed by atoms with Crippen molar-refractivity contribution >= 4 is 12.1 Å². The van der Waals surface area contributed by atoms with Crippen LogP contribution in [0.25, 0.3) is 0 Å². The van der Waals surface area contributed by atoms with E-state index < -0.39 is 0 Å². The normalized spacial score (nSPS) is 21.7. The van der Waals surface area contributed by atoms with Gasteiger partial charge in [0.2, 0.25) is 0 Å². The fourth-order valence-electron chi connectivity index (χ4n) is 2.62. The van der Waals surface area contributed by atoms with E-state index in [4.69, 9.17) is 9.47 Å². The van der Waals surface area contributed by atoms with Crippen molar-refractivity contribution in [1.82, 2.24) is 4.90 Å². The zero-order valence-electron chi connectivity index (χ0n) is 12.5. The van der Waals surface area contributed by atoms with Crippen molar-refractivity contribution in [1.29, 1.82) is 0 Å². The lowest BCUT2D eigenvalue weighted by Crippen LogP contribution is -2.45. The maximum absolute atomic E-state index is 12.1. The molecule has 0 bridgehead atoms.